The molecule has 0 saturated carbocycles. The smallest absolute Gasteiger partial charge is 0.309 e. The summed E-state index contributed by atoms with van der Waals surface area (Å²) in [5.41, 5.74) is 0.364. The Morgan fingerprint density at radius 1 is 1.31 bits per heavy atom. The highest BCUT2D eigenvalue weighted by Gasteiger charge is 2.29. The predicted octanol–water partition coefficient (Wildman–Crippen LogP) is 2.30. The lowest BCUT2D eigenvalue weighted by molar-refractivity contribution is -0.151. The Kier molecular flexibility index (Phi) is 7.36. The van der Waals surface area contributed by atoms with Gasteiger partial charge in [-0.15, -0.1) is 0 Å². The van der Waals surface area contributed by atoms with Crippen LogP contribution < -0.4 is 0 Å². The first kappa shape index (κ1) is 20.6. The van der Waals surface area contributed by atoms with Gasteiger partial charge in [0.2, 0.25) is 5.91 Å². The molecule has 0 atom stereocenters. The van der Waals surface area contributed by atoms with Gasteiger partial charge in [-0.1, -0.05) is 0 Å². The van der Waals surface area contributed by atoms with Gasteiger partial charge in [-0.3, -0.25) is 14.4 Å². The summed E-state index contributed by atoms with van der Waals surface area (Å²) in [6.45, 7) is 3.01. The van der Waals surface area contributed by atoms with Gasteiger partial charge in [0.05, 0.1) is 24.6 Å². The van der Waals surface area contributed by atoms with Crippen LogP contribution in [-0.2, 0) is 14.3 Å². The molecule has 2 rings (SSSR count). The van der Waals surface area contributed by atoms with Crippen LogP contribution in [0.2, 0.25) is 0 Å². The average Bonchev–Trinajstić information content (AvgIpc) is 2.61. The van der Waals surface area contributed by atoms with Gasteiger partial charge in [-0.2, -0.15) is 0 Å². The van der Waals surface area contributed by atoms with E-state index < -0.39 is 5.82 Å². The van der Waals surface area contributed by atoms with Crippen LogP contribution in [0, 0.1) is 15.3 Å². The Hall–Kier alpha value is -1.71. The Labute approximate surface area is 165 Å². The molecule has 1 aromatic rings. The van der Waals surface area contributed by atoms with E-state index in [-0.39, 0.29) is 30.2 Å². The molecule has 0 bridgehead atoms. The number of rotatable bonds is 5. The second-order valence-electron chi connectivity index (χ2n) is 6.19. The molecule has 0 aromatic heterocycles. The third kappa shape index (κ3) is 5.15. The number of likely N-dealkylation sites (tertiary alicyclic amines) is 1. The van der Waals surface area contributed by atoms with E-state index in [1.54, 1.807) is 18.9 Å². The van der Waals surface area contributed by atoms with Crippen molar-refractivity contribution < 1.29 is 23.5 Å². The first-order valence-corrected chi connectivity index (χ1v) is 9.56. The summed E-state index contributed by atoms with van der Waals surface area (Å²) in [5.74, 6) is -1.28. The highest BCUT2D eigenvalue weighted by molar-refractivity contribution is 14.1. The Balaban J connectivity index is 1.89. The number of nitrogens with zero attached hydrogens (tertiary/aromatic N) is 2. The van der Waals surface area contributed by atoms with Crippen LogP contribution in [0.5, 0.6) is 0 Å². The van der Waals surface area contributed by atoms with Gasteiger partial charge in [0.1, 0.15) is 5.82 Å². The van der Waals surface area contributed by atoms with Gasteiger partial charge < -0.3 is 14.5 Å². The molecule has 1 saturated heterocycles. The largest absolute Gasteiger partial charge is 0.466 e. The lowest BCUT2D eigenvalue weighted by Crippen LogP contribution is -2.45. The minimum absolute atomic E-state index is 0.0592. The van der Waals surface area contributed by atoms with Crippen molar-refractivity contribution in [3.05, 3.63) is 33.1 Å². The molecule has 2 amide bonds. The van der Waals surface area contributed by atoms with E-state index in [9.17, 15) is 18.8 Å². The summed E-state index contributed by atoms with van der Waals surface area (Å²) >= 11 is 1.90. The van der Waals surface area contributed by atoms with Gasteiger partial charge in [-0.25, -0.2) is 4.39 Å². The number of amides is 2. The molecule has 0 unspecified atom stereocenters. The zero-order valence-corrected chi connectivity index (χ0v) is 17.0. The van der Waals surface area contributed by atoms with Crippen molar-refractivity contribution in [1.29, 1.82) is 0 Å². The van der Waals surface area contributed by atoms with E-state index in [0.717, 1.165) is 0 Å². The molecule has 1 aliphatic rings. The maximum atomic E-state index is 13.2. The van der Waals surface area contributed by atoms with Crippen LogP contribution in [0.1, 0.15) is 30.1 Å². The molecule has 6 nitrogen and oxygen atoms in total. The lowest BCUT2D eigenvalue weighted by atomic mass is 9.97. The number of carbonyl (C=O) groups is 3. The van der Waals surface area contributed by atoms with E-state index >= 15 is 0 Å². The van der Waals surface area contributed by atoms with Crippen LogP contribution in [0.4, 0.5) is 4.39 Å². The van der Waals surface area contributed by atoms with E-state index in [1.807, 2.05) is 22.6 Å². The number of piperidine rings is 1. The number of ether oxygens (including phenoxy) is 1. The molecule has 8 heteroatoms. The Bertz CT molecular complexity index is 690. The summed E-state index contributed by atoms with van der Waals surface area (Å²) in [4.78, 5) is 39.7. The molecule has 0 N–H and O–H groups in total. The molecular formula is C18H22FIN2O4. The fourth-order valence-corrected chi connectivity index (χ4v) is 3.58. The van der Waals surface area contributed by atoms with Gasteiger partial charge in [0.15, 0.2) is 0 Å². The highest BCUT2D eigenvalue weighted by Crippen LogP contribution is 2.19. The van der Waals surface area contributed by atoms with Crippen molar-refractivity contribution >= 4 is 40.4 Å². The van der Waals surface area contributed by atoms with Crippen molar-refractivity contribution in [2.24, 2.45) is 5.92 Å². The van der Waals surface area contributed by atoms with Crippen LogP contribution >= 0.6 is 22.6 Å². The van der Waals surface area contributed by atoms with Crippen molar-refractivity contribution in [3.63, 3.8) is 0 Å². The Morgan fingerprint density at radius 2 is 1.96 bits per heavy atom. The van der Waals surface area contributed by atoms with Crippen molar-refractivity contribution in [3.8, 4) is 0 Å². The molecule has 142 valence electrons. The second-order valence-corrected chi connectivity index (χ2v) is 7.35. The normalized spacial score (nSPS) is 14.8. The standard InChI is InChI=1S/C18H22FIN2O4/c1-3-26-18(25)12-6-8-22(9-7-12)16(23)11-21(2)17(24)14-5-4-13(19)10-15(14)20/h4-5,10,12H,3,6-9,11H2,1-2H3. The number of halogens is 2. The third-order valence-corrected chi connectivity index (χ3v) is 5.24. The highest BCUT2D eigenvalue weighted by atomic mass is 127. The summed E-state index contributed by atoms with van der Waals surface area (Å²) in [6, 6.07) is 3.93. The number of hydrogen-bond acceptors (Lipinski definition) is 4. The fraction of sp³-hybridized carbons (Fsp3) is 0.500. The van der Waals surface area contributed by atoms with E-state index in [2.05, 4.69) is 0 Å². The number of benzene rings is 1. The number of carbonyl (C=O) groups excluding carboxylic acids is 3. The van der Waals surface area contributed by atoms with Crippen LogP contribution in [0.15, 0.2) is 18.2 Å². The van der Waals surface area contributed by atoms with Crippen molar-refractivity contribution in [1.82, 2.24) is 9.80 Å². The van der Waals surface area contributed by atoms with E-state index in [0.29, 0.717) is 41.7 Å². The summed E-state index contributed by atoms with van der Waals surface area (Å²) < 4.78 is 18.7. The van der Waals surface area contributed by atoms with Gasteiger partial charge >= 0.3 is 5.97 Å². The van der Waals surface area contributed by atoms with Gasteiger partial charge in [0, 0.05) is 23.7 Å². The zero-order valence-electron chi connectivity index (χ0n) is 14.8. The average molecular weight is 476 g/mol. The van der Waals surface area contributed by atoms with Crippen molar-refractivity contribution in [2.45, 2.75) is 19.8 Å². The van der Waals surface area contributed by atoms with Crippen LogP contribution in [0.25, 0.3) is 0 Å². The first-order chi connectivity index (χ1) is 12.3. The van der Waals surface area contributed by atoms with Gasteiger partial charge in [-0.05, 0) is 60.6 Å². The van der Waals surface area contributed by atoms with E-state index in [1.165, 1.54) is 23.1 Å². The monoisotopic (exact) mass is 476 g/mol. The van der Waals surface area contributed by atoms with E-state index in [4.69, 9.17) is 4.74 Å². The summed E-state index contributed by atoms with van der Waals surface area (Å²) in [5, 5.41) is 0. The van der Waals surface area contributed by atoms with Crippen molar-refractivity contribution in [2.75, 3.05) is 33.3 Å². The SMILES string of the molecule is CCOC(=O)C1CCN(C(=O)CN(C)C(=O)c2ccc(F)cc2I)CC1. The zero-order chi connectivity index (χ0) is 19.3. The lowest BCUT2D eigenvalue weighted by Gasteiger charge is -2.32. The quantitative estimate of drug-likeness (QED) is 0.484. The van der Waals surface area contributed by atoms with Gasteiger partial charge in [0.25, 0.3) is 5.91 Å². The molecular weight excluding hydrogens is 454 g/mol. The molecule has 1 aliphatic heterocycles. The maximum absolute atomic E-state index is 13.2. The molecule has 0 radical (unpaired) electrons. The molecule has 26 heavy (non-hydrogen) atoms. The maximum Gasteiger partial charge on any atom is 0.309 e. The summed E-state index contributed by atoms with van der Waals surface area (Å²) in [7, 11) is 1.55. The topological polar surface area (TPSA) is 66.9 Å². The van der Waals surface area contributed by atoms with Crippen LogP contribution in [0.3, 0.4) is 0 Å². The molecule has 1 aromatic carbocycles. The molecule has 0 spiro atoms. The number of likely N-dealkylation sites (N-methyl/N-ethyl adjacent to an activating group) is 1. The Morgan fingerprint density at radius 3 is 2.54 bits per heavy atom. The number of esters is 1. The predicted molar refractivity (Wildman–Crippen MR) is 102 cm³/mol. The molecule has 1 fully saturated rings. The second kappa shape index (κ2) is 9.29. The van der Waals surface area contributed by atoms with Crippen LogP contribution in [-0.4, -0.2) is 60.9 Å². The molecule has 1 heterocycles. The summed E-state index contributed by atoms with van der Waals surface area (Å²) in [6.07, 6.45) is 1.14. The minimum Gasteiger partial charge on any atom is -0.466 e. The third-order valence-electron chi connectivity index (χ3n) is 4.35. The first-order valence-electron chi connectivity index (χ1n) is 8.48. The fourth-order valence-electron chi connectivity index (χ4n) is 2.87. The number of hydrogen-bond donors (Lipinski definition) is 0. The molecule has 0 aliphatic carbocycles. The minimum atomic E-state index is -0.408.